The minimum atomic E-state index is -0.669. The molecule has 8 heteroatoms. The molecular weight excluding hydrogens is 248 g/mol. The van der Waals surface area contributed by atoms with Crippen LogP contribution in [0.4, 0.5) is 5.82 Å². The molecule has 0 spiro atoms. The van der Waals surface area contributed by atoms with Crippen LogP contribution >= 0.6 is 0 Å². The number of rotatable bonds is 4. The number of nitrogens with one attached hydrogen (secondary N) is 2. The van der Waals surface area contributed by atoms with Crippen molar-refractivity contribution in [2.75, 3.05) is 5.73 Å². The highest BCUT2D eigenvalue weighted by atomic mass is 16.2. The van der Waals surface area contributed by atoms with Gasteiger partial charge >= 0.3 is 0 Å². The summed E-state index contributed by atoms with van der Waals surface area (Å²) in [4.78, 5) is 37.7. The van der Waals surface area contributed by atoms with E-state index in [4.69, 9.17) is 5.73 Å². The van der Waals surface area contributed by atoms with E-state index in [2.05, 4.69) is 25.3 Å². The molecule has 0 aliphatic heterocycles. The number of carbonyl (C=O) groups excluding carboxylic acids is 2. The smallest absolute Gasteiger partial charge is 0.295 e. The lowest BCUT2D eigenvalue weighted by Crippen LogP contribution is -2.31. The highest BCUT2D eigenvalue weighted by Crippen LogP contribution is 2.12. The SMILES string of the molecule is CCCCC(=O)NC(=O)c1nc(N)c2[nH]cnc2n1. The van der Waals surface area contributed by atoms with Crippen molar-refractivity contribution in [1.29, 1.82) is 0 Å². The van der Waals surface area contributed by atoms with Gasteiger partial charge in [-0.3, -0.25) is 14.9 Å². The maximum absolute atomic E-state index is 11.8. The first kappa shape index (κ1) is 12.9. The average molecular weight is 262 g/mol. The fraction of sp³-hybridized carbons (Fsp3) is 0.364. The lowest BCUT2D eigenvalue weighted by Gasteiger charge is -2.03. The highest BCUT2D eigenvalue weighted by Gasteiger charge is 2.16. The third-order valence-corrected chi connectivity index (χ3v) is 2.53. The molecule has 2 aromatic heterocycles. The number of fused-ring (bicyclic) bond motifs is 1. The van der Waals surface area contributed by atoms with Crippen molar-refractivity contribution in [3.63, 3.8) is 0 Å². The number of unbranched alkanes of at least 4 members (excludes halogenated alkanes) is 1. The summed E-state index contributed by atoms with van der Waals surface area (Å²) < 4.78 is 0. The number of nitrogen functional groups attached to an aromatic ring is 1. The minimum absolute atomic E-state index is 0.119. The van der Waals surface area contributed by atoms with E-state index in [1.807, 2.05) is 6.92 Å². The predicted molar refractivity (Wildman–Crippen MR) is 68.1 cm³/mol. The third kappa shape index (κ3) is 2.84. The van der Waals surface area contributed by atoms with E-state index < -0.39 is 5.91 Å². The maximum Gasteiger partial charge on any atom is 0.295 e. The van der Waals surface area contributed by atoms with Crippen LogP contribution in [0, 0.1) is 0 Å². The monoisotopic (exact) mass is 262 g/mol. The van der Waals surface area contributed by atoms with Gasteiger partial charge in [-0.2, -0.15) is 0 Å². The summed E-state index contributed by atoms with van der Waals surface area (Å²) in [6.45, 7) is 1.96. The van der Waals surface area contributed by atoms with Gasteiger partial charge in [0.15, 0.2) is 11.5 Å². The average Bonchev–Trinajstić information content (AvgIpc) is 2.85. The van der Waals surface area contributed by atoms with Crippen molar-refractivity contribution in [3.05, 3.63) is 12.2 Å². The summed E-state index contributed by atoms with van der Waals surface area (Å²) in [6, 6.07) is 0. The third-order valence-electron chi connectivity index (χ3n) is 2.53. The zero-order valence-electron chi connectivity index (χ0n) is 10.4. The number of aromatic amines is 1. The van der Waals surface area contributed by atoms with Crippen LogP contribution in [0.5, 0.6) is 0 Å². The topological polar surface area (TPSA) is 127 Å². The van der Waals surface area contributed by atoms with Gasteiger partial charge < -0.3 is 10.7 Å². The van der Waals surface area contributed by atoms with Gasteiger partial charge in [-0.05, 0) is 6.42 Å². The van der Waals surface area contributed by atoms with Crippen LogP contribution in [0.2, 0.25) is 0 Å². The molecule has 0 aliphatic rings. The Morgan fingerprint density at radius 3 is 2.95 bits per heavy atom. The number of hydrogen-bond donors (Lipinski definition) is 3. The lowest BCUT2D eigenvalue weighted by atomic mass is 10.2. The fourth-order valence-corrected chi connectivity index (χ4v) is 1.54. The van der Waals surface area contributed by atoms with E-state index in [-0.39, 0.29) is 17.5 Å². The van der Waals surface area contributed by atoms with Crippen molar-refractivity contribution < 1.29 is 9.59 Å². The summed E-state index contributed by atoms with van der Waals surface area (Å²) in [5.41, 5.74) is 6.42. The number of aromatic nitrogens is 4. The number of nitrogens with two attached hydrogens (primary N) is 1. The van der Waals surface area contributed by atoms with Gasteiger partial charge in [0.1, 0.15) is 5.52 Å². The molecule has 0 bridgehead atoms. The van der Waals surface area contributed by atoms with Crippen LogP contribution in [-0.4, -0.2) is 31.8 Å². The van der Waals surface area contributed by atoms with Crippen molar-refractivity contribution in [3.8, 4) is 0 Å². The molecule has 0 aromatic carbocycles. The molecule has 0 saturated heterocycles. The van der Waals surface area contributed by atoms with Gasteiger partial charge in [0.2, 0.25) is 11.7 Å². The van der Waals surface area contributed by atoms with Crippen LogP contribution in [0.25, 0.3) is 11.2 Å². The summed E-state index contributed by atoms with van der Waals surface area (Å²) in [5.74, 6) is -1.07. The Labute approximate surface area is 108 Å². The first-order chi connectivity index (χ1) is 9.11. The number of imide groups is 1. The largest absolute Gasteiger partial charge is 0.382 e. The number of nitrogens with zero attached hydrogens (tertiary/aromatic N) is 3. The Morgan fingerprint density at radius 2 is 2.21 bits per heavy atom. The number of imidazole rings is 1. The maximum atomic E-state index is 11.8. The Bertz CT molecular complexity index is 621. The van der Waals surface area contributed by atoms with Crippen molar-refractivity contribution in [2.45, 2.75) is 26.2 Å². The Morgan fingerprint density at radius 1 is 1.42 bits per heavy atom. The number of amides is 2. The number of hydrogen-bond acceptors (Lipinski definition) is 6. The zero-order valence-corrected chi connectivity index (χ0v) is 10.4. The van der Waals surface area contributed by atoms with Crippen molar-refractivity contribution >= 4 is 28.8 Å². The molecule has 0 fully saturated rings. The molecule has 2 amide bonds. The van der Waals surface area contributed by atoms with Gasteiger partial charge in [-0.1, -0.05) is 13.3 Å². The predicted octanol–water partition coefficient (Wildman–Crippen LogP) is 0.382. The fourth-order valence-electron chi connectivity index (χ4n) is 1.54. The number of anilines is 1. The Hall–Kier alpha value is -2.51. The molecule has 2 heterocycles. The molecule has 2 rings (SSSR count). The van der Waals surface area contributed by atoms with Crippen LogP contribution in [-0.2, 0) is 4.79 Å². The molecule has 2 aromatic rings. The summed E-state index contributed by atoms with van der Waals surface area (Å²) >= 11 is 0. The van der Waals surface area contributed by atoms with Crippen LogP contribution in [0.3, 0.4) is 0 Å². The lowest BCUT2D eigenvalue weighted by molar-refractivity contribution is -0.120. The van der Waals surface area contributed by atoms with Crippen LogP contribution < -0.4 is 11.1 Å². The molecule has 0 aliphatic carbocycles. The first-order valence-electron chi connectivity index (χ1n) is 5.92. The van der Waals surface area contributed by atoms with Crippen molar-refractivity contribution in [2.24, 2.45) is 0 Å². The second-order valence-electron chi connectivity index (χ2n) is 4.01. The molecule has 0 unspecified atom stereocenters. The van der Waals surface area contributed by atoms with Gasteiger partial charge in [0.25, 0.3) is 5.91 Å². The molecule has 0 radical (unpaired) electrons. The standard InChI is InChI=1S/C11H14N6O2/c1-2-3-4-6(18)15-11(19)10-16-8(12)7-9(17-10)14-5-13-7/h5H,2-4H2,1H3,(H,15,18,19)(H3,12,13,14,16,17). The van der Waals surface area contributed by atoms with Gasteiger partial charge in [-0.25, -0.2) is 15.0 Å². The van der Waals surface area contributed by atoms with E-state index in [1.165, 1.54) is 6.33 Å². The summed E-state index contributed by atoms with van der Waals surface area (Å²) in [6.07, 6.45) is 3.30. The van der Waals surface area contributed by atoms with E-state index in [0.717, 1.165) is 12.8 Å². The van der Waals surface area contributed by atoms with E-state index in [9.17, 15) is 9.59 Å². The molecule has 4 N–H and O–H groups in total. The van der Waals surface area contributed by atoms with Crippen LogP contribution in [0.1, 0.15) is 36.8 Å². The zero-order chi connectivity index (χ0) is 13.8. The quantitative estimate of drug-likeness (QED) is 0.731. The second-order valence-corrected chi connectivity index (χ2v) is 4.01. The highest BCUT2D eigenvalue weighted by molar-refractivity contribution is 6.03. The molecule has 0 saturated carbocycles. The molecule has 8 nitrogen and oxygen atoms in total. The second kappa shape index (κ2) is 5.42. The summed E-state index contributed by atoms with van der Waals surface area (Å²) in [7, 11) is 0. The Kier molecular flexibility index (Phi) is 3.69. The van der Waals surface area contributed by atoms with E-state index in [1.54, 1.807) is 0 Å². The van der Waals surface area contributed by atoms with Gasteiger partial charge in [0.05, 0.1) is 6.33 Å². The summed E-state index contributed by atoms with van der Waals surface area (Å²) in [5, 5.41) is 2.22. The normalized spacial score (nSPS) is 10.6. The molecular formula is C11H14N6O2. The van der Waals surface area contributed by atoms with Gasteiger partial charge in [-0.15, -0.1) is 0 Å². The molecule has 19 heavy (non-hydrogen) atoms. The molecule has 0 atom stereocenters. The number of carbonyl (C=O) groups is 2. The van der Waals surface area contributed by atoms with Crippen molar-refractivity contribution in [1.82, 2.24) is 25.3 Å². The minimum Gasteiger partial charge on any atom is -0.382 e. The van der Waals surface area contributed by atoms with Gasteiger partial charge in [0, 0.05) is 6.42 Å². The molecule has 100 valence electrons. The van der Waals surface area contributed by atoms with Crippen LogP contribution in [0.15, 0.2) is 6.33 Å². The number of H-pyrrole nitrogens is 1. The van der Waals surface area contributed by atoms with E-state index >= 15 is 0 Å². The first-order valence-corrected chi connectivity index (χ1v) is 5.92. The van der Waals surface area contributed by atoms with E-state index in [0.29, 0.717) is 17.6 Å². The Balaban J connectivity index is 2.15.